The third-order valence-electron chi connectivity index (χ3n) is 6.09. The number of nitrogens with one attached hydrogen (secondary N) is 2. The van der Waals surface area contributed by atoms with Gasteiger partial charge in [-0.25, -0.2) is 18.0 Å². The molecule has 0 aliphatic carbocycles. The zero-order valence-corrected chi connectivity index (χ0v) is 25.4. The van der Waals surface area contributed by atoms with Crippen molar-refractivity contribution in [2.75, 3.05) is 4.72 Å². The summed E-state index contributed by atoms with van der Waals surface area (Å²) in [5.74, 6) is -3.12. The Kier molecular flexibility index (Phi) is 9.89. The number of alkyl halides is 3. The van der Waals surface area contributed by atoms with Gasteiger partial charge in [0.2, 0.25) is 0 Å². The van der Waals surface area contributed by atoms with Gasteiger partial charge in [0.25, 0.3) is 10.0 Å². The number of fused-ring (bicyclic) bond motifs is 1. The lowest BCUT2D eigenvalue weighted by Crippen LogP contribution is -2.21. The molecule has 5 aromatic rings. The number of sulfonamides is 1. The van der Waals surface area contributed by atoms with E-state index in [-0.39, 0.29) is 21.3 Å². The van der Waals surface area contributed by atoms with Crippen molar-refractivity contribution in [3.8, 4) is 22.6 Å². The van der Waals surface area contributed by atoms with E-state index in [4.69, 9.17) is 37.4 Å². The van der Waals surface area contributed by atoms with Crippen molar-refractivity contribution >= 4 is 67.2 Å². The molecule has 0 amide bonds. The molecule has 1 heterocycles. The second-order valence-electron chi connectivity index (χ2n) is 9.27. The maximum atomic E-state index is 12.9. The van der Waals surface area contributed by atoms with Gasteiger partial charge in [0.15, 0.2) is 0 Å². The molecule has 5 rings (SSSR count). The number of nitrogen functional groups attached to an aromatic ring is 1. The SMILES string of the molecule is N=C(N)c1ccc2cc(Oc3ccc(NS(=O)(=O)c4ccc(Cl)s4)cc3-c3ccccc3C(=O)O)ccc2c1.O=C(O)C(F)(F)F. The van der Waals surface area contributed by atoms with E-state index < -0.39 is 28.1 Å². The van der Waals surface area contributed by atoms with Gasteiger partial charge in [0.05, 0.1) is 9.90 Å². The number of anilines is 1. The summed E-state index contributed by atoms with van der Waals surface area (Å²) in [5.41, 5.74) is 7.18. The molecule has 0 unspecified atom stereocenters. The van der Waals surface area contributed by atoms with Crippen LogP contribution in [0.25, 0.3) is 21.9 Å². The summed E-state index contributed by atoms with van der Waals surface area (Å²) in [7, 11) is -3.92. The van der Waals surface area contributed by atoms with Gasteiger partial charge in [-0.3, -0.25) is 10.1 Å². The van der Waals surface area contributed by atoms with Crippen LogP contribution in [-0.2, 0) is 14.8 Å². The fraction of sp³-hybridized carbons (Fsp3) is 0.0333. The lowest BCUT2D eigenvalue weighted by Gasteiger charge is -2.16. The van der Waals surface area contributed by atoms with Crippen molar-refractivity contribution in [1.29, 1.82) is 5.41 Å². The number of aromatic carboxylic acids is 1. The summed E-state index contributed by atoms with van der Waals surface area (Å²) in [5, 5.41) is 26.3. The zero-order valence-electron chi connectivity index (χ0n) is 23.0. The zero-order chi connectivity index (χ0) is 33.8. The normalized spacial score (nSPS) is 11.3. The van der Waals surface area contributed by atoms with E-state index in [0.29, 0.717) is 32.5 Å². The predicted octanol–water partition coefficient (Wildman–Crippen LogP) is 7.43. The summed E-state index contributed by atoms with van der Waals surface area (Å²) in [6, 6.07) is 24.7. The summed E-state index contributed by atoms with van der Waals surface area (Å²) < 4.78 is 66.7. The van der Waals surface area contributed by atoms with Crippen LogP contribution in [0.5, 0.6) is 11.5 Å². The molecule has 0 radical (unpaired) electrons. The molecule has 0 saturated carbocycles. The number of amidine groups is 1. The number of hydrogen-bond acceptors (Lipinski definition) is 7. The van der Waals surface area contributed by atoms with E-state index in [0.717, 1.165) is 22.1 Å². The van der Waals surface area contributed by atoms with Crippen LogP contribution in [0.15, 0.2) is 95.2 Å². The average molecular weight is 692 g/mol. The molecule has 46 heavy (non-hydrogen) atoms. The first kappa shape index (κ1) is 33.8. The molecule has 0 saturated heterocycles. The Morgan fingerprint density at radius 2 is 1.54 bits per heavy atom. The van der Waals surface area contributed by atoms with Crippen molar-refractivity contribution in [2.45, 2.75) is 10.4 Å². The number of hydrogen-bond donors (Lipinski definition) is 5. The number of ether oxygens (including phenoxy) is 1. The summed E-state index contributed by atoms with van der Waals surface area (Å²) in [6.45, 7) is 0. The molecule has 0 spiro atoms. The summed E-state index contributed by atoms with van der Waals surface area (Å²) in [6.07, 6.45) is -5.08. The number of aliphatic carboxylic acids is 1. The number of nitrogens with two attached hydrogens (primary N) is 1. The molecule has 0 fully saturated rings. The standard InChI is InChI=1S/C28H20ClN3O5S2.C2HF3O2/c29-25-11-12-26(38-25)39(35,36)32-19-8-10-24(23(15-19)21-3-1-2-4-22(21)28(33)34)37-20-9-7-16-13-18(27(30)31)6-5-17(16)14-20;3-2(4,5)1(6)7/h1-15,32H,(H3,30,31)(H,33,34);(H,6,7). The highest BCUT2D eigenvalue weighted by Gasteiger charge is 2.38. The first-order valence-electron chi connectivity index (χ1n) is 12.7. The minimum absolute atomic E-state index is 0.0302. The predicted molar refractivity (Wildman–Crippen MR) is 168 cm³/mol. The smallest absolute Gasteiger partial charge is 0.478 e. The van der Waals surface area contributed by atoms with Crippen LogP contribution in [0.2, 0.25) is 4.34 Å². The number of benzene rings is 4. The van der Waals surface area contributed by atoms with Crippen molar-refractivity contribution < 1.29 is 46.1 Å². The molecule has 238 valence electrons. The van der Waals surface area contributed by atoms with Crippen LogP contribution < -0.4 is 15.2 Å². The largest absolute Gasteiger partial charge is 0.490 e. The number of halogens is 4. The van der Waals surface area contributed by atoms with E-state index in [1.54, 1.807) is 42.5 Å². The second-order valence-corrected chi connectivity index (χ2v) is 12.9. The fourth-order valence-corrected chi connectivity index (χ4v) is 6.56. The lowest BCUT2D eigenvalue weighted by atomic mass is 9.98. The van der Waals surface area contributed by atoms with Gasteiger partial charge in [0, 0.05) is 16.8 Å². The molecule has 0 aliphatic rings. The minimum atomic E-state index is -5.08. The van der Waals surface area contributed by atoms with E-state index in [2.05, 4.69) is 4.72 Å². The van der Waals surface area contributed by atoms with Crippen LogP contribution in [0.1, 0.15) is 15.9 Å². The molecule has 0 aliphatic heterocycles. The second kappa shape index (κ2) is 13.5. The Balaban J connectivity index is 0.000000617. The Hall–Kier alpha value is -5.12. The third kappa shape index (κ3) is 8.12. The highest BCUT2D eigenvalue weighted by Crippen LogP contribution is 2.39. The van der Waals surface area contributed by atoms with Gasteiger partial charge in [0.1, 0.15) is 21.5 Å². The van der Waals surface area contributed by atoms with Crippen LogP contribution in [-0.4, -0.2) is 42.6 Å². The molecule has 16 heteroatoms. The number of thiophene rings is 1. The molecule has 4 aromatic carbocycles. The van der Waals surface area contributed by atoms with Gasteiger partial charge < -0.3 is 20.7 Å². The van der Waals surface area contributed by atoms with Gasteiger partial charge in [-0.05, 0) is 70.9 Å². The topological polar surface area (TPSA) is 180 Å². The fourth-order valence-electron chi connectivity index (χ4n) is 4.03. The molecule has 0 atom stereocenters. The Bertz CT molecular complexity index is 2080. The van der Waals surface area contributed by atoms with E-state index in [1.807, 2.05) is 18.2 Å². The van der Waals surface area contributed by atoms with Crippen molar-refractivity contribution in [3.63, 3.8) is 0 Å². The van der Waals surface area contributed by atoms with Gasteiger partial charge in [-0.1, -0.05) is 48.0 Å². The monoisotopic (exact) mass is 691 g/mol. The maximum Gasteiger partial charge on any atom is 0.490 e. The number of carboxylic acid groups (broad SMARTS) is 2. The van der Waals surface area contributed by atoms with E-state index in [1.165, 1.54) is 30.3 Å². The van der Waals surface area contributed by atoms with Crippen molar-refractivity contribution in [3.05, 3.63) is 106 Å². The van der Waals surface area contributed by atoms with Gasteiger partial charge in [-0.2, -0.15) is 13.2 Å². The highest BCUT2D eigenvalue weighted by atomic mass is 35.5. The molecule has 0 bridgehead atoms. The molecular formula is C30H21ClF3N3O7S2. The quantitative estimate of drug-likeness (QED) is 0.0823. The number of rotatable bonds is 8. The first-order valence-corrected chi connectivity index (χ1v) is 15.3. The van der Waals surface area contributed by atoms with Gasteiger partial charge in [-0.15, -0.1) is 11.3 Å². The van der Waals surface area contributed by atoms with E-state index >= 15 is 0 Å². The Labute approximate surface area is 268 Å². The third-order valence-corrected chi connectivity index (χ3v) is 9.19. The van der Waals surface area contributed by atoms with Crippen LogP contribution in [0, 0.1) is 5.41 Å². The Morgan fingerprint density at radius 3 is 2.15 bits per heavy atom. The lowest BCUT2D eigenvalue weighted by molar-refractivity contribution is -0.192. The van der Waals surface area contributed by atoms with Gasteiger partial charge >= 0.3 is 18.1 Å². The molecular weight excluding hydrogens is 671 g/mol. The molecule has 1 aromatic heterocycles. The highest BCUT2D eigenvalue weighted by molar-refractivity contribution is 7.94. The average Bonchev–Trinajstić information content (AvgIpc) is 3.44. The van der Waals surface area contributed by atoms with Crippen molar-refractivity contribution in [1.82, 2.24) is 0 Å². The Morgan fingerprint density at radius 1 is 0.891 bits per heavy atom. The van der Waals surface area contributed by atoms with Crippen LogP contribution in [0.3, 0.4) is 0 Å². The van der Waals surface area contributed by atoms with Crippen molar-refractivity contribution in [2.24, 2.45) is 5.73 Å². The number of carbonyl (C=O) groups is 2. The number of carboxylic acids is 2. The summed E-state index contributed by atoms with van der Waals surface area (Å²) in [4.78, 5) is 20.9. The first-order chi connectivity index (χ1) is 21.5. The van der Waals surface area contributed by atoms with Crippen LogP contribution >= 0.6 is 22.9 Å². The maximum absolute atomic E-state index is 12.9. The van der Waals surface area contributed by atoms with E-state index in [9.17, 15) is 31.5 Å². The van der Waals surface area contributed by atoms with Crippen LogP contribution in [0.4, 0.5) is 18.9 Å². The molecule has 6 N–H and O–H groups in total. The minimum Gasteiger partial charge on any atom is -0.478 e. The molecule has 10 nitrogen and oxygen atoms in total. The summed E-state index contributed by atoms with van der Waals surface area (Å²) >= 11 is 6.84.